The molecule has 1 aromatic rings. The summed E-state index contributed by atoms with van der Waals surface area (Å²) in [5.41, 5.74) is 0.871. The highest BCUT2D eigenvalue weighted by atomic mass is 79.9. The first kappa shape index (κ1) is 14.0. The third-order valence-electron chi connectivity index (χ3n) is 3.53. The molecule has 1 saturated carbocycles. The molecule has 2 nitrogen and oxygen atoms in total. The van der Waals surface area contributed by atoms with Gasteiger partial charge in [-0.1, -0.05) is 28.8 Å². The Hall–Kier alpha value is -0.450. The molecule has 0 aliphatic heterocycles. The molecular weight excluding hydrogens is 297 g/mol. The lowest BCUT2D eigenvalue weighted by molar-refractivity contribution is -0.00392. The third-order valence-corrected chi connectivity index (χ3v) is 4.31. The molecule has 0 spiro atoms. The van der Waals surface area contributed by atoms with Gasteiger partial charge in [0.1, 0.15) is 5.82 Å². The van der Waals surface area contributed by atoms with Gasteiger partial charge in [0.05, 0.1) is 12.7 Å². The first-order chi connectivity index (χ1) is 8.70. The van der Waals surface area contributed by atoms with Crippen LogP contribution in [0, 0.1) is 5.82 Å². The molecule has 100 valence electrons. The molecule has 1 N–H and O–H groups in total. The number of hydrogen-bond donors (Lipinski definition) is 1. The lowest BCUT2D eigenvalue weighted by atomic mass is 9.92. The average Bonchev–Trinajstić information content (AvgIpc) is 2.40. The minimum Gasteiger partial charge on any atom is -0.372 e. The Morgan fingerprint density at radius 1 is 1.39 bits per heavy atom. The van der Waals surface area contributed by atoms with E-state index < -0.39 is 0 Å². The molecule has 2 rings (SSSR count). The Bertz CT molecular complexity index is 399. The highest BCUT2D eigenvalue weighted by molar-refractivity contribution is 9.10. The molecule has 1 fully saturated rings. The summed E-state index contributed by atoms with van der Waals surface area (Å²) >= 11 is 3.43. The zero-order valence-electron chi connectivity index (χ0n) is 10.6. The van der Waals surface area contributed by atoms with Gasteiger partial charge in [-0.3, -0.25) is 0 Å². The van der Waals surface area contributed by atoms with Crippen molar-refractivity contribution in [1.29, 1.82) is 0 Å². The first-order valence-corrected chi connectivity index (χ1v) is 7.23. The molecule has 4 heteroatoms. The van der Waals surface area contributed by atoms with Crippen LogP contribution in [0.1, 0.15) is 31.2 Å². The monoisotopic (exact) mass is 315 g/mol. The smallest absolute Gasteiger partial charge is 0.123 e. The second-order valence-corrected chi connectivity index (χ2v) is 5.62. The minimum absolute atomic E-state index is 0.217. The van der Waals surface area contributed by atoms with Crippen LogP contribution in [0.3, 0.4) is 0 Å². The number of halogens is 2. The van der Waals surface area contributed by atoms with Crippen LogP contribution in [-0.4, -0.2) is 19.2 Å². The van der Waals surface area contributed by atoms with Crippen molar-refractivity contribution in [2.24, 2.45) is 0 Å². The molecule has 0 saturated heterocycles. The van der Waals surface area contributed by atoms with Gasteiger partial charge < -0.3 is 10.1 Å². The zero-order valence-corrected chi connectivity index (χ0v) is 12.2. The summed E-state index contributed by atoms with van der Waals surface area (Å²) in [6.45, 7) is 0.460. The van der Waals surface area contributed by atoms with Gasteiger partial charge in [-0.2, -0.15) is 0 Å². The van der Waals surface area contributed by atoms with Crippen molar-refractivity contribution in [3.8, 4) is 0 Å². The molecule has 2 unspecified atom stereocenters. The summed E-state index contributed by atoms with van der Waals surface area (Å²) in [4.78, 5) is 0. The molecule has 1 aromatic carbocycles. The van der Waals surface area contributed by atoms with E-state index in [1.165, 1.54) is 25.0 Å². The van der Waals surface area contributed by atoms with Crippen LogP contribution in [-0.2, 0) is 11.3 Å². The van der Waals surface area contributed by atoms with Crippen molar-refractivity contribution in [1.82, 2.24) is 5.32 Å². The molecule has 0 radical (unpaired) electrons. The van der Waals surface area contributed by atoms with Crippen LogP contribution in [0.15, 0.2) is 22.7 Å². The van der Waals surface area contributed by atoms with Crippen LogP contribution < -0.4 is 5.32 Å². The second kappa shape index (κ2) is 6.64. The van der Waals surface area contributed by atoms with E-state index in [1.54, 1.807) is 6.07 Å². The van der Waals surface area contributed by atoms with Gasteiger partial charge in [-0.15, -0.1) is 0 Å². The average molecular weight is 316 g/mol. The van der Waals surface area contributed by atoms with Crippen molar-refractivity contribution in [3.63, 3.8) is 0 Å². The highest BCUT2D eigenvalue weighted by Crippen LogP contribution is 2.24. The molecule has 1 aliphatic rings. The van der Waals surface area contributed by atoms with Gasteiger partial charge in [0, 0.05) is 10.5 Å². The number of likely N-dealkylation sites (N-methyl/N-ethyl adjacent to an activating group) is 1. The van der Waals surface area contributed by atoms with Crippen LogP contribution in [0.4, 0.5) is 4.39 Å². The van der Waals surface area contributed by atoms with Gasteiger partial charge >= 0.3 is 0 Å². The Balaban J connectivity index is 1.95. The van der Waals surface area contributed by atoms with Crippen molar-refractivity contribution in [2.45, 2.75) is 44.4 Å². The van der Waals surface area contributed by atoms with E-state index in [1.807, 2.05) is 7.05 Å². The maximum Gasteiger partial charge on any atom is 0.123 e. The van der Waals surface area contributed by atoms with E-state index in [2.05, 4.69) is 21.2 Å². The maximum absolute atomic E-state index is 13.2. The topological polar surface area (TPSA) is 21.3 Å². The number of nitrogens with one attached hydrogen (secondary N) is 1. The quantitative estimate of drug-likeness (QED) is 0.916. The lowest BCUT2D eigenvalue weighted by Crippen LogP contribution is -2.41. The van der Waals surface area contributed by atoms with Crippen molar-refractivity contribution < 1.29 is 9.13 Å². The summed E-state index contributed by atoms with van der Waals surface area (Å²) < 4.78 is 20.0. The second-order valence-electron chi connectivity index (χ2n) is 4.76. The fourth-order valence-corrected chi connectivity index (χ4v) is 2.84. The predicted octanol–water partition coefficient (Wildman–Crippen LogP) is 3.64. The Labute approximate surface area is 116 Å². The molecular formula is C14H19BrFNO. The van der Waals surface area contributed by atoms with E-state index in [0.717, 1.165) is 22.9 Å². The van der Waals surface area contributed by atoms with E-state index in [9.17, 15) is 4.39 Å². The third kappa shape index (κ3) is 3.53. The molecule has 0 aromatic heterocycles. The largest absolute Gasteiger partial charge is 0.372 e. The number of hydrogen-bond acceptors (Lipinski definition) is 2. The zero-order chi connectivity index (χ0) is 13.0. The summed E-state index contributed by atoms with van der Waals surface area (Å²) in [5.74, 6) is -0.217. The summed E-state index contributed by atoms with van der Waals surface area (Å²) in [6, 6.07) is 5.13. The fourth-order valence-electron chi connectivity index (χ4n) is 2.48. The summed E-state index contributed by atoms with van der Waals surface area (Å²) in [6.07, 6.45) is 4.95. The summed E-state index contributed by atoms with van der Waals surface area (Å²) in [7, 11) is 1.98. The molecule has 0 amide bonds. The number of ether oxygens (including phenoxy) is 1. The predicted molar refractivity (Wildman–Crippen MR) is 74.0 cm³/mol. The molecule has 18 heavy (non-hydrogen) atoms. The van der Waals surface area contributed by atoms with Gasteiger partial charge in [0.15, 0.2) is 0 Å². The highest BCUT2D eigenvalue weighted by Gasteiger charge is 2.24. The van der Waals surface area contributed by atoms with Gasteiger partial charge in [-0.25, -0.2) is 4.39 Å². The number of benzene rings is 1. The Morgan fingerprint density at radius 3 is 2.94 bits per heavy atom. The first-order valence-electron chi connectivity index (χ1n) is 6.43. The Morgan fingerprint density at radius 2 is 2.17 bits per heavy atom. The molecule has 0 heterocycles. The minimum atomic E-state index is -0.217. The number of rotatable bonds is 4. The SMILES string of the molecule is CNC1CCCCC1OCc1cc(F)ccc1Br. The van der Waals surface area contributed by atoms with Gasteiger partial charge in [0.25, 0.3) is 0 Å². The van der Waals surface area contributed by atoms with Gasteiger partial charge in [-0.05, 0) is 43.7 Å². The van der Waals surface area contributed by atoms with Crippen LogP contribution >= 0.6 is 15.9 Å². The van der Waals surface area contributed by atoms with Crippen molar-refractivity contribution >= 4 is 15.9 Å². The summed E-state index contributed by atoms with van der Waals surface area (Å²) in [5, 5.41) is 3.31. The van der Waals surface area contributed by atoms with Crippen LogP contribution in [0.5, 0.6) is 0 Å². The van der Waals surface area contributed by atoms with Crippen LogP contribution in [0.25, 0.3) is 0 Å². The molecule has 1 aliphatic carbocycles. The van der Waals surface area contributed by atoms with Crippen molar-refractivity contribution in [2.75, 3.05) is 7.05 Å². The Kier molecular flexibility index (Phi) is 5.15. The fraction of sp³-hybridized carbons (Fsp3) is 0.571. The van der Waals surface area contributed by atoms with E-state index in [4.69, 9.17) is 4.74 Å². The molecule has 2 atom stereocenters. The van der Waals surface area contributed by atoms with E-state index in [-0.39, 0.29) is 11.9 Å². The van der Waals surface area contributed by atoms with E-state index >= 15 is 0 Å². The normalized spacial score (nSPS) is 24.2. The maximum atomic E-state index is 13.2. The van der Waals surface area contributed by atoms with E-state index in [0.29, 0.717) is 12.6 Å². The lowest BCUT2D eigenvalue weighted by Gasteiger charge is -2.31. The van der Waals surface area contributed by atoms with Crippen molar-refractivity contribution in [3.05, 3.63) is 34.1 Å². The molecule has 0 bridgehead atoms. The van der Waals surface area contributed by atoms with Crippen LogP contribution in [0.2, 0.25) is 0 Å². The standard InChI is InChI=1S/C14H19BrFNO/c1-17-13-4-2-3-5-14(13)18-9-10-8-11(16)6-7-12(10)15/h6-8,13-14,17H,2-5,9H2,1H3. The van der Waals surface area contributed by atoms with Gasteiger partial charge in [0.2, 0.25) is 0 Å².